The zero-order valence-corrected chi connectivity index (χ0v) is 13.2. The van der Waals surface area contributed by atoms with Crippen LogP contribution in [0.1, 0.15) is 45.2 Å². The number of hydrogen-bond donors (Lipinski definition) is 1. The molecule has 1 heterocycles. The molecule has 0 spiro atoms. The largest absolute Gasteiger partial charge is 0.329 e. The third-order valence-electron chi connectivity index (χ3n) is 4.76. The van der Waals surface area contributed by atoms with E-state index in [0.717, 1.165) is 32.0 Å². The highest BCUT2D eigenvalue weighted by molar-refractivity contribution is 5.23. The molecule has 1 atom stereocenters. The van der Waals surface area contributed by atoms with E-state index in [1.165, 1.54) is 0 Å². The first-order chi connectivity index (χ1) is 9.84. The van der Waals surface area contributed by atoms with Crippen LogP contribution in [0.2, 0.25) is 0 Å². The Labute approximate surface area is 126 Å². The first-order valence-corrected chi connectivity index (χ1v) is 7.72. The summed E-state index contributed by atoms with van der Waals surface area (Å²) in [6.45, 7) is 8.88. The van der Waals surface area contributed by atoms with Crippen LogP contribution in [0.4, 0.5) is 8.78 Å². The molecule has 2 nitrogen and oxygen atoms in total. The van der Waals surface area contributed by atoms with Gasteiger partial charge in [-0.15, -0.1) is 0 Å². The molecule has 1 unspecified atom stereocenters. The predicted octanol–water partition coefficient (Wildman–Crippen LogP) is 3.72. The number of hydrogen-bond acceptors (Lipinski definition) is 2. The lowest BCUT2D eigenvalue weighted by Crippen LogP contribution is -2.42. The maximum atomic E-state index is 14.0. The van der Waals surface area contributed by atoms with Crippen molar-refractivity contribution in [2.75, 3.05) is 19.6 Å². The average molecular weight is 296 g/mol. The average Bonchev–Trinajstić information content (AvgIpc) is 2.44. The summed E-state index contributed by atoms with van der Waals surface area (Å²) in [4.78, 5) is 2.19. The highest BCUT2D eigenvalue weighted by atomic mass is 19.2. The van der Waals surface area contributed by atoms with E-state index < -0.39 is 11.6 Å². The Balaban J connectivity index is 2.12. The smallest absolute Gasteiger partial charge is 0.163 e. The van der Waals surface area contributed by atoms with E-state index in [0.29, 0.717) is 23.4 Å². The molecule has 21 heavy (non-hydrogen) atoms. The van der Waals surface area contributed by atoms with Crippen molar-refractivity contribution < 1.29 is 8.78 Å². The molecular formula is C17H26F2N2. The van der Waals surface area contributed by atoms with E-state index >= 15 is 0 Å². The van der Waals surface area contributed by atoms with Crippen LogP contribution in [-0.2, 0) is 0 Å². The molecule has 0 radical (unpaired) electrons. The second-order valence-electron chi connectivity index (χ2n) is 7.07. The molecule has 2 N–H and O–H groups in total. The Bertz CT molecular complexity index is 474. The Morgan fingerprint density at radius 1 is 1.24 bits per heavy atom. The summed E-state index contributed by atoms with van der Waals surface area (Å²) in [6.07, 6.45) is 2.16. The molecule has 0 aliphatic carbocycles. The quantitative estimate of drug-likeness (QED) is 0.921. The van der Waals surface area contributed by atoms with Crippen LogP contribution < -0.4 is 5.73 Å². The van der Waals surface area contributed by atoms with Gasteiger partial charge in [0.1, 0.15) is 0 Å². The van der Waals surface area contributed by atoms with E-state index in [9.17, 15) is 8.78 Å². The van der Waals surface area contributed by atoms with Crippen LogP contribution >= 0.6 is 0 Å². The number of nitrogens with zero attached hydrogens (tertiary/aromatic N) is 1. The van der Waals surface area contributed by atoms with Crippen LogP contribution in [0.3, 0.4) is 0 Å². The van der Waals surface area contributed by atoms with Crippen molar-refractivity contribution in [1.82, 2.24) is 4.90 Å². The number of rotatable bonds is 3. The summed E-state index contributed by atoms with van der Waals surface area (Å²) in [5, 5.41) is 0. The van der Waals surface area contributed by atoms with Gasteiger partial charge in [0, 0.05) is 12.1 Å². The Morgan fingerprint density at radius 2 is 1.86 bits per heavy atom. The molecule has 1 saturated heterocycles. The lowest BCUT2D eigenvalue weighted by molar-refractivity contribution is 0.0832. The van der Waals surface area contributed by atoms with E-state index in [1.54, 1.807) is 12.1 Å². The molecule has 0 aromatic heterocycles. The van der Waals surface area contributed by atoms with Gasteiger partial charge in [-0.1, -0.05) is 32.9 Å². The third kappa shape index (κ3) is 3.61. The zero-order chi connectivity index (χ0) is 15.6. The molecule has 118 valence electrons. The molecule has 1 aromatic rings. The number of likely N-dealkylation sites (tertiary alicyclic amines) is 1. The van der Waals surface area contributed by atoms with E-state index in [1.807, 2.05) is 0 Å². The highest BCUT2D eigenvalue weighted by Gasteiger charge is 2.32. The van der Waals surface area contributed by atoms with E-state index in [4.69, 9.17) is 5.73 Å². The summed E-state index contributed by atoms with van der Waals surface area (Å²) < 4.78 is 27.4. The van der Waals surface area contributed by atoms with Gasteiger partial charge in [0.25, 0.3) is 0 Å². The standard InChI is InChI=1S/C17H26F2N2/c1-17(2,3)12-7-9-21(10-8-12)15(11-20)13-5-4-6-14(18)16(13)19/h4-6,12,15H,7-11,20H2,1-3H3. The number of nitrogens with two attached hydrogens (primary N) is 1. The first-order valence-electron chi connectivity index (χ1n) is 7.72. The molecule has 1 aliphatic heterocycles. The van der Waals surface area contributed by atoms with E-state index in [2.05, 4.69) is 25.7 Å². The molecule has 0 bridgehead atoms. The van der Waals surface area contributed by atoms with Gasteiger partial charge in [-0.3, -0.25) is 4.90 Å². The van der Waals surface area contributed by atoms with E-state index in [-0.39, 0.29) is 6.04 Å². The predicted molar refractivity (Wildman–Crippen MR) is 81.9 cm³/mol. The summed E-state index contributed by atoms with van der Waals surface area (Å²) in [5.74, 6) is -0.883. The lowest BCUT2D eigenvalue weighted by Gasteiger charge is -2.41. The van der Waals surface area contributed by atoms with Crippen molar-refractivity contribution in [3.8, 4) is 0 Å². The van der Waals surface area contributed by atoms with Gasteiger partial charge in [-0.2, -0.15) is 0 Å². The fourth-order valence-corrected chi connectivity index (χ4v) is 3.33. The number of piperidine rings is 1. The van der Waals surface area contributed by atoms with Gasteiger partial charge in [0.15, 0.2) is 11.6 Å². The molecule has 1 aliphatic rings. The van der Waals surface area contributed by atoms with Crippen LogP contribution in [-0.4, -0.2) is 24.5 Å². The van der Waals surface area contributed by atoms with Crippen molar-refractivity contribution >= 4 is 0 Å². The molecule has 2 rings (SSSR count). The molecule has 1 fully saturated rings. The van der Waals surface area contributed by atoms with Crippen molar-refractivity contribution in [3.63, 3.8) is 0 Å². The van der Waals surface area contributed by atoms with Crippen molar-refractivity contribution in [2.24, 2.45) is 17.1 Å². The Hall–Kier alpha value is -1.00. The minimum absolute atomic E-state index is 0.235. The van der Waals surface area contributed by atoms with Crippen LogP contribution in [0.5, 0.6) is 0 Å². The van der Waals surface area contributed by atoms with Gasteiger partial charge < -0.3 is 5.73 Å². The summed E-state index contributed by atoms with van der Waals surface area (Å²) in [6, 6.07) is 4.11. The van der Waals surface area contributed by atoms with Crippen molar-refractivity contribution in [2.45, 2.75) is 39.7 Å². The maximum absolute atomic E-state index is 14.0. The number of halogens is 2. The van der Waals surface area contributed by atoms with Gasteiger partial charge >= 0.3 is 0 Å². The molecule has 4 heteroatoms. The molecule has 0 saturated carbocycles. The normalized spacial score (nSPS) is 19.7. The molecular weight excluding hydrogens is 270 g/mol. The second kappa shape index (κ2) is 6.41. The lowest BCUT2D eigenvalue weighted by atomic mass is 9.75. The minimum atomic E-state index is -0.796. The number of benzene rings is 1. The summed E-state index contributed by atoms with van der Waals surface area (Å²) in [7, 11) is 0. The Kier molecular flexibility index (Phi) is 4.99. The van der Waals surface area contributed by atoms with Gasteiger partial charge in [-0.05, 0) is 43.3 Å². The minimum Gasteiger partial charge on any atom is -0.329 e. The molecule has 0 amide bonds. The zero-order valence-electron chi connectivity index (χ0n) is 13.2. The van der Waals surface area contributed by atoms with Crippen LogP contribution in [0.15, 0.2) is 18.2 Å². The topological polar surface area (TPSA) is 29.3 Å². The molecule has 1 aromatic carbocycles. The van der Waals surface area contributed by atoms with Gasteiger partial charge in [-0.25, -0.2) is 8.78 Å². The SMILES string of the molecule is CC(C)(C)C1CCN(C(CN)c2cccc(F)c2F)CC1. The van der Waals surface area contributed by atoms with Crippen molar-refractivity contribution in [3.05, 3.63) is 35.4 Å². The third-order valence-corrected chi connectivity index (χ3v) is 4.76. The highest BCUT2D eigenvalue weighted by Crippen LogP contribution is 2.36. The fraction of sp³-hybridized carbons (Fsp3) is 0.647. The monoisotopic (exact) mass is 296 g/mol. The van der Waals surface area contributed by atoms with Crippen molar-refractivity contribution in [1.29, 1.82) is 0 Å². The summed E-state index contributed by atoms with van der Waals surface area (Å²) in [5.41, 5.74) is 6.53. The Morgan fingerprint density at radius 3 is 2.38 bits per heavy atom. The van der Waals surface area contributed by atoms with Crippen LogP contribution in [0.25, 0.3) is 0 Å². The second-order valence-corrected chi connectivity index (χ2v) is 7.07. The first kappa shape index (κ1) is 16.4. The maximum Gasteiger partial charge on any atom is 0.163 e. The van der Waals surface area contributed by atoms with Gasteiger partial charge in [0.05, 0.1) is 6.04 Å². The van der Waals surface area contributed by atoms with Crippen LogP contribution in [0, 0.1) is 23.0 Å². The van der Waals surface area contributed by atoms with Gasteiger partial charge in [0.2, 0.25) is 0 Å². The fourth-order valence-electron chi connectivity index (χ4n) is 3.33. The summed E-state index contributed by atoms with van der Waals surface area (Å²) >= 11 is 0.